The monoisotopic (exact) mass is 376 g/mol. The van der Waals surface area contributed by atoms with Gasteiger partial charge in [0, 0.05) is 31.6 Å². The van der Waals surface area contributed by atoms with Gasteiger partial charge in [0.1, 0.15) is 0 Å². The van der Waals surface area contributed by atoms with Crippen molar-refractivity contribution in [2.24, 2.45) is 5.73 Å². The van der Waals surface area contributed by atoms with E-state index in [1.165, 1.54) is 11.1 Å². The molecule has 0 aliphatic carbocycles. The normalized spacial score (nSPS) is 19.8. The maximum atomic E-state index is 6.40. The summed E-state index contributed by atoms with van der Waals surface area (Å²) in [6, 6.07) is 17.0. The summed E-state index contributed by atoms with van der Waals surface area (Å²) >= 11 is 0. The molecule has 1 saturated heterocycles. The molecule has 2 aromatic rings. The van der Waals surface area contributed by atoms with Crippen molar-refractivity contribution in [3.05, 3.63) is 59.7 Å². The van der Waals surface area contributed by atoms with Gasteiger partial charge in [0.2, 0.25) is 0 Å². The van der Waals surface area contributed by atoms with Gasteiger partial charge in [-0.05, 0) is 29.7 Å². The number of hydrogen-bond donors (Lipinski definition) is 1. The molecular weight excluding hydrogens is 348 g/mol. The van der Waals surface area contributed by atoms with Gasteiger partial charge in [-0.3, -0.25) is 4.90 Å². The van der Waals surface area contributed by atoms with Crippen LogP contribution in [0.4, 0.5) is 0 Å². The Hall–Kier alpha value is -1.75. The number of nitrogens with two attached hydrogens (primary N) is 1. The van der Waals surface area contributed by atoms with E-state index in [4.69, 9.17) is 15.2 Å². The van der Waals surface area contributed by atoms with Gasteiger partial charge in [0.15, 0.2) is 11.5 Å². The first kappa shape index (κ1) is 20.6. The molecule has 3 rings (SSSR count). The number of ether oxygens (including phenoxy) is 2. The fourth-order valence-corrected chi connectivity index (χ4v) is 3.50. The largest absolute Gasteiger partial charge is 0.493 e. The smallest absolute Gasteiger partial charge is 0.161 e. The predicted octanol–water partition coefficient (Wildman–Crippen LogP) is 3.83. The van der Waals surface area contributed by atoms with Gasteiger partial charge in [0.25, 0.3) is 0 Å². The molecule has 2 aromatic carbocycles. The van der Waals surface area contributed by atoms with Crippen molar-refractivity contribution in [3.63, 3.8) is 0 Å². The number of methoxy groups -OCH3 is 1. The van der Waals surface area contributed by atoms with E-state index in [2.05, 4.69) is 54.3 Å². The highest BCUT2D eigenvalue weighted by Gasteiger charge is 2.31. The summed E-state index contributed by atoms with van der Waals surface area (Å²) in [6.07, 6.45) is 0.984. The van der Waals surface area contributed by atoms with Gasteiger partial charge in [-0.15, -0.1) is 12.4 Å². The lowest BCUT2D eigenvalue weighted by Gasteiger charge is -2.17. The van der Waals surface area contributed by atoms with Crippen molar-refractivity contribution in [1.82, 2.24) is 4.90 Å². The second kappa shape index (κ2) is 9.81. The van der Waals surface area contributed by atoms with Gasteiger partial charge in [-0.1, -0.05) is 43.3 Å². The van der Waals surface area contributed by atoms with Gasteiger partial charge in [0.05, 0.1) is 13.7 Å². The van der Waals surface area contributed by atoms with E-state index in [0.717, 1.165) is 37.6 Å². The zero-order valence-electron chi connectivity index (χ0n) is 15.6. The van der Waals surface area contributed by atoms with Crippen LogP contribution in [0, 0.1) is 0 Å². The summed E-state index contributed by atoms with van der Waals surface area (Å²) < 4.78 is 11.2. The molecule has 2 N–H and O–H groups in total. The van der Waals surface area contributed by atoms with Gasteiger partial charge in [-0.25, -0.2) is 0 Å². The highest BCUT2D eigenvalue weighted by atomic mass is 35.5. The van der Waals surface area contributed by atoms with Gasteiger partial charge >= 0.3 is 0 Å². The van der Waals surface area contributed by atoms with E-state index in [-0.39, 0.29) is 18.4 Å². The van der Waals surface area contributed by atoms with Crippen LogP contribution in [0.25, 0.3) is 0 Å². The fraction of sp³-hybridized carbons (Fsp3) is 0.429. The number of rotatable bonds is 7. The van der Waals surface area contributed by atoms with Crippen LogP contribution in [0.5, 0.6) is 11.5 Å². The minimum Gasteiger partial charge on any atom is -0.493 e. The summed E-state index contributed by atoms with van der Waals surface area (Å²) in [7, 11) is 1.69. The Kier molecular flexibility index (Phi) is 7.76. The van der Waals surface area contributed by atoms with Crippen molar-refractivity contribution in [1.29, 1.82) is 0 Å². The summed E-state index contributed by atoms with van der Waals surface area (Å²) in [5.74, 6) is 2.01. The molecule has 26 heavy (non-hydrogen) atoms. The SMILES string of the molecule is CCCOc1ccc(CN2C[C@@H](N)[C@H](c3ccccc3)C2)cc1OC.Cl. The molecule has 1 aliphatic heterocycles. The van der Waals surface area contributed by atoms with E-state index in [1.54, 1.807) is 7.11 Å². The number of halogens is 1. The zero-order chi connectivity index (χ0) is 17.6. The quantitative estimate of drug-likeness (QED) is 0.797. The molecule has 0 unspecified atom stereocenters. The first-order valence-corrected chi connectivity index (χ1v) is 9.04. The van der Waals surface area contributed by atoms with E-state index in [1.807, 2.05) is 6.07 Å². The Morgan fingerprint density at radius 1 is 1.08 bits per heavy atom. The second-order valence-corrected chi connectivity index (χ2v) is 6.71. The molecule has 0 radical (unpaired) electrons. The summed E-state index contributed by atoms with van der Waals surface area (Å²) in [4.78, 5) is 2.42. The summed E-state index contributed by atoms with van der Waals surface area (Å²) in [5.41, 5.74) is 8.96. The zero-order valence-corrected chi connectivity index (χ0v) is 16.4. The Bertz CT molecular complexity index is 681. The van der Waals surface area contributed by atoms with Crippen molar-refractivity contribution in [2.75, 3.05) is 26.8 Å². The standard InChI is InChI=1S/C21H28N2O2.ClH/c1-3-11-25-20-10-9-16(12-21(20)24-2)13-23-14-18(19(22)15-23)17-7-5-4-6-8-17;/h4-10,12,18-19H,3,11,13-15,22H2,1-2H3;1H/t18-,19+;/m0./s1. The topological polar surface area (TPSA) is 47.7 Å². The highest BCUT2D eigenvalue weighted by Crippen LogP contribution is 2.31. The Morgan fingerprint density at radius 2 is 1.85 bits per heavy atom. The third-order valence-electron chi connectivity index (χ3n) is 4.76. The lowest BCUT2D eigenvalue weighted by molar-refractivity contribution is 0.292. The van der Waals surface area contributed by atoms with Crippen LogP contribution in [0.1, 0.15) is 30.4 Å². The number of likely N-dealkylation sites (tertiary alicyclic amines) is 1. The molecule has 0 aromatic heterocycles. The molecule has 5 heteroatoms. The number of hydrogen-bond acceptors (Lipinski definition) is 4. The molecule has 4 nitrogen and oxygen atoms in total. The van der Waals surface area contributed by atoms with Crippen molar-refractivity contribution < 1.29 is 9.47 Å². The minimum atomic E-state index is 0. The Balaban J connectivity index is 0.00000243. The fourth-order valence-electron chi connectivity index (χ4n) is 3.50. The molecule has 0 amide bonds. The molecule has 0 spiro atoms. The predicted molar refractivity (Wildman–Crippen MR) is 108 cm³/mol. The maximum Gasteiger partial charge on any atom is 0.161 e. The van der Waals surface area contributed by atoms with E-state index < -0.39 is 0 Å². The summed E-state index contributed by atoms with van der Waals surface area (Å²) in [6.45, 7) is 5.58. The summed E-state index contributed by atoms with van der Waals surface area (Å²) in [5, 5.41) is 0. The lowest BCUT2D eigenvalue weighted by atomic mass is 9.95. The molecule has 1 fully saturated rings. The van der Waals surface area contributed by atoms with Gasteiger partial charge in [-0.2, -0.15) is 0 Å². The van der Waals surface area contributed by atoms with Gasteiger partial charge < -0.3 is 15.2 Å². The van der Waals surface area contributed by atoms with Crippen LogP contribution in [0.3, 0.4) is 0 Å². The van der Waals surface area contributed by atoms with Crippen molar-refractivity contribution in [3.8, 4) is 11.5 Å². The average Bonchev–Trinajstić information content (AvgIpc) is 3.01. The molecular formula is C21H29ClN2O2. The number of benzene rings is 2. The minimum absolute atomic E-state index is 0. The molecule has 0 saturated carbocycles. The van der Waals surface area contributed by atoms with Crippen LogP contribution in [-0.2, 0) is 6.54 Å². The third kappa shape index (κ3) is 4.91. The lowest BCUT2D eigenvalue weighted by Crippen LogP contribution is -2.28. The molecule has 1 aliphatic rings. The van der Waals surface area contributed by atoms with E-state index in [9.17, 15) is 0 Å². The first-order valence-electron chi connectivity index (χ1n) is 9.04. The molecule has 0 bridgehead atoms. The van der Waals surface area contributed by atoms with Crippen LogP contribution in [0.2, 0.25) is 0 Å². The van der Waals surface area contributed by atoms with E-state index >= 15 is 0 Å². The average molecular weight is 377 g/mol. The highest BCUT2D eigenvalue weighted by molar-refractivity contribution is 5.85. The van der Waals surface area contributed by atoms with Crippen LogP contribution < -0.4 is 15.2 Å². The Morgan fingerprint density at radius 3 is 2.54 bits per heavy atom. The van der Waals surface area contributed by atoms with Crippen molar-refractivity contribution >= 4 is 12.4 Å². The van der Waals surface area contributed by atoms with Crippen LogP contribution in [0.15, 0.2) is 48.5 Å². The second-order valence-electron chi connectivity index (χ2n) is 6.71. The van der Waals surface area contributed by atoms with E-state index in [0.29, 0.717) is 12.5 Å². The Labute approximate surface area is 162 Å². The third-order valence-corrected chi connectivity index (χ3v) is 4.76. The van der Waals surface area contributed by atoms with Crippen LogP contribution >= 0.6 is 12.4 Å². The first-order chi connectivity index (χ1) is 12.2. The number of nitrogens with zero attached hydrogens (tertiary/aromatic N) is 1. The molecule has 142 valence electrons. The maximum absolute atomic E-state index is 6.40. The molecule has 2 atom stereocenters. The van der Waals surface area contributed by atoms with Crippen molar-refractivity contribution in [2.45, 2.75) is 31.8 Å². The van der Waals surface area contributed by atoms with Crippen LogP contribution in [-0.4, -0.2) is 37.7 Å². The molecule has 1 heterocycles.